The average Bonchev–Trinajstić information content (AvgIpc) is 2.66. The van der Waals surface area contributed by atoms with Gasteiger partial charge in [0.25, 0.3) is 0 Å². The predicted molar refractivity (Wildman–Crippen MR) is 109 cm³/mol. The standard InChI is InChI=1S/C23H30N2O4/c1-4-6-10-29-20-11-16-13-23(8-7-9-23)25-14-17(22(27)28-5-2)19(26)12-18(25)21(16)24-15(20)3/h11,14,18H,4-10,12-13H2,1-3H3. The number of aryl methyl sites for hydroxylation is 1. The molecule has 2 aliphatic heterocycles. The quantitative estimate of drug-likeness (QED) is 0.412. The Kier molecular flexibility index (Phi) is 5.36. The molecule has 0 bridgehead atoms. The summed E-state index contributed by atoms with van der Waals surface area (Å²) in [5.41, 5.74) is 3.14. The van der Waals surface area contributed by atoms with E-state index in [0.29, 0.717) is 6.61 Å². The second kappa shape index (κ2) is 7.81. The Hall–Kier alpha value is -2.37. The lowest BCUT2D eigenvalue weighted by Gasteiger charge is -2.57. The van der Waals surface area contributed by atoms with Gasteiger partial charge in [0.2, 0.25) is 0 Å². The number of ether oxygens (including phenoxy) is 2. The van der Waals surface area contributed by atoms with Gasteiger partial charge in [0.1, 0.15) is 11.3 Å². The van der Waals surface area contributed by atoms with Gasteiger partial charge in [-0.25, -0.2) is 4.79 Å². The fourth-order valence-electron chi connectivity index (χ4n) is 4.77. The number of hydrogen-bond acceptors (Lipinski definition) is 6. The number of Topliss-reactive ketones (excluding diaryl/α,β-unsaturated/α-hetero) is 1. The molecule has 4 rings (SSSR count). The van der Waals surface area contributed by atoms with Crippen LogP contribution in [0.4, 0.5) is 0 Å². The molecular formula is C23H30N2O4. The van der Waals surface area contributed by atoms with Crippen LogP contribution in [0.5, 0.6) is 5.75 Å². The van der Waals surface area contributed by atoms with Gasteiger partial charge in [0.15, 0.2) is 5.78 Å². The lowest BCUT2D eigenvalue weighted by atomic mass is 9.66. The molecule has 1 aliphatic carbocycles. The maximum Gasteiger partial charge on any atom is 0.343 e. The number of pyridine rings is 1. The van der Waals surface area contributed by atoms with Gasteiger partial charge in [-0.15, -0.1) is 0 Å². The first kappa shape index (κ1) is 19.9. The summed E-state index contributed by atoms with van der Waals surface area (Å²) < 4.78 is 11.1. The van der Waals surface area contributed by atoms with Crippen LogP contribution in [0.15, 0.2) is 17.8 Å². The number of carbonyl (C=O) groups excluding carboxylic acids is 2. The van der Waals surface area contributed by atoms with Gasteiger partial charge in [-0.3, -0.25) is 9.78 Å². The minimum absolute atomic E-state index is 0.0340. The van der Waals surface area contributed by atoms with Crippen LogP contribution < -0.4 is 4.74 Å². The van der Waals surface area contributed by atoms with Crippen LogP contribution in [0.25, 0.3) is 0 Å². The number of unbranched alkanes of at least 4 members (excludes halogenated alkanes) is 1. The van der Waals surface area contributed by atoms with E-state index in [1.807, 2.05) is 6.92 Å². The van der Waals surface area contributed by atoms with Gasteiger partial charge in [0, 0.05) is 18.2 Å². The fraction of sp³-hybridized carbons (Fsp3) is 0.609. The number of fused-ring (bicyclic) bond motifs is 4. The highest BCUT2D eigenvalue weighted by atomic mass is 16.5. The Labute approximate surface area is 172 Å². The molecule has 1 aromatic rings. The summed E-state index contributed by atoms with van der Waals surface area (Å²) in [5, 5.41) is 0. The van der Waals surface area contributed by atoms with Crippen LogP contribution >= 0.6 is 0 Å². The minimum atomic E-state index is -0.514. The van der Waals surface area contributed by atoms with E-state index < -0.39 is 5.97 Å². The largest absolute Gasteiger partial charge is 0.492 e. The molecule has 1 saturated carbocycles. The molecule has 1 unspecified atom stereocenters. The fourth-order valence-corrected chi connectivity index (χ4v) is 4.77. The summed E-state index contributed by atoms with van der Waals surface area (Å²) in [5.74, 6) is 0.180. The monoisotopic (exact) mass is 398 g/mol. The van der Waals surface area contributed by atoms with Crippen molar-refractivity contribution < 1.29 is 19.1 Å². The van der Waals surface area contributed by atoms with Gasteiger partial charge in [-0.2, -0.15) is 0 Å². The highest BCUT2D eigenvalue weighted by Crippen LogP contribution is 2.52. The van der Waals surface area contributed by atoms with E-state index in [4.69, 9.17) is 14.5 Å². The lowest BCUT2D eigenvalue weighted by Crippen LogP contribution is -2.58. The van der Waals surface area contributed by atoms with Crippen molar-refractivity contribution in [1.82, 2.24) is 9.88 Å². The molecular weight excluding hydrogens is 368 g/mol. The third-order valence-electron chi connectivity index (χ3n) is 6.48. The molecule has 29 heavy (non-hydrogen) atoms. The Morgan fingerprint density at radius 3 is 2.79 bits per heavy atom. The zero-order chi connectivity index (χ0) is 20.6. The maximum atomic E-state index is 12.8. The lowest BCUT2D eigenvalue weighted by molar-refractivity contribution is -0.141. The second-order valence-electron chi connectivity index (χ2n) is 8.39. The molecule has 1 spiro atoms. The second-order valence-corrected chi connectivity index (χ2v) is 8.39. The number of rotatable bonds is 6. The number of carbonyl (C=O) groups is 2. The van der Waals surface area contributed by atoms with Crippen molar-refractivity contribution in [1.29, 1.82) is 0 Å². The summed E-state index contributed by atoms with van der Waals surface area (Å²) in [7, 11) is 0. The third kappa shape index (κ3) is 3.43. The molecule has 0 N–H and O–H groups in total. The molecule has 1 fully saturated rings. The molecule has 3 aliphatic rings. The SMILES string of the molecule is CCCCOc1cc2c(nc1C)C1CC(=O)C(C(=O)OCC)=CN1C1(CCC1)C2. The van der Waals surface area contributed by atoms with E-state index in [-0.39, 0.29) is 36.0 Å². The summed E-state index contributed by atoms with van der Waals surface area (Å²) >= 11 is 0. The summed E-state index contributed by atoms with van der Waals surface area (Å²) in [6, 6.07) is 2.02. The first-order valence-electron chi connectivity index (χ1n) is 10.8. The van der Waals surface area contributed by atoms with Crippen molar-refractivity contribution in [2.24, 2.45) is 0 Å². The topological polar surface area (TPSA) is 68.7 Å². The van der Waals surface area contributed by atoms with Crippen molar-refractivity contribution in [3.63, 3.8) is 0 Å². The molecule has 1 atom stereocenters. The van der Waals surface area contributed by atoms with E-state index in [9.17, 15) is 9.59 Å². The predicted octanol–water partition coefficient (Wildman–Crippen LogP) is 3.81. The average molecular weight is 399 g/mol. The van der Waals surface area contributed by atoms with E-state index in [0.717, 1.165) is 55.7 Å². The molecule has 1 aromatic heterocycles. The van der Waals surface area contributed by atoms with E-state index in [1.54, 1.807) is 13.1 Å². The van der Waals surface area contributed by atoms with E-state index in [2.05, 4.69) is 17.9 Å². The van der Waals surface area contributed by atoms with Crippen molar-refractivity contribution in [2.75, 3.05) is 13.2 Å². The first-order chi connectivity index (χ1) is 14.0. The molecule has 0 radical (unpaired) electrons. The Bertz CT molecular complexity index is 857. The van der Waals surface area contributed by atoms with Crippen LogP contribution in [-0.4, -0.2) is 40.4 Å². The van der Waals surface area contributed by atoms with Gasteiger partial charge in [-0.05, 0) is 57.6 Å². The van der Waals surface area contributed by atoms with Crippen LogP contribution in [-0.2, 0) is 20.7 Å². The third-order valence-corrected chi connectivity index (χ3v) is 6.48. The van der Waals surface area contributed by atoms with E-state index in [1.165, 1.54) is 5.56 Å². The number of hydrogen-bond donors (Lipinski definition) is 0. The van der Waals surface area contributed by atoms with Crippen LogP contribution in [0.3, 0.4) is 0 Å². The summed E-state index contributed by atoms with van der Waals surface area (Å²) in [4.78, 5) is 32.2. The van der Waals surface area contributed by atoms with Crippen LogP contribution in [0, 0.1) is 6.92 Å². The Balaban J connectivity index is 1.71. The smallest absolute Gasteiger partial charge is 0.343 e. The number of aromatic nitrogens is 1. The van der Waals surface area contributed by atoms with Crippen molar-refractivity contribution in [3.05, 3.63) is 34.8 Å². The van der Waals surface area contributed by atoms with Gasteiger partial charge in [-0.1, -0.05) is 13.3 Å². The highest BCUT2D eigenvalue weighted by molar-refractivity contribution is 6.17. The van der Waals surface area contributed by atoms with Crippen molar-refractivity contribution in [2.45, 2.75) is 77.3 Å². The van der Waals surface area contributed by atoms with Crippen molar-refractivity contribution >= 4 is 11.8 Å². The molecule has 0 amide bonds. The van der Waals surface area contributed by atoms with Crippen LogP contribution in [0.1, 0.15) is 75.4 Å². The highest BCUT2D eigenvalue weighted by Gasteiger charge is 2.51. The first-order valence-corrected chi connectivity index (χ1v) is 10.8. The Morgan fingerprint density at radius 1 is 1.34 bits per heavy atom. The summed E-state index contributed by atoms with van der Waals surface area (Å²) in [6.45, 7) is 6.83. The van der Waals surface area contributed by atoms with Gasteiger partial charge >= 0.3 is 5.97 Å². The zero-order valence-electron chi connectivity index (χ0n) is 17.6. The molecule has 0 saturated heterocycles. The maximum absolute atomic E-state index is 12.8. The number of nitrogens with zero attached hydrogens (tertiary/aromatic N) is 2. The molecule has 3 heterocycles. The van der Waals surface area contributed by atoms with Crippen LogP contribution in [0.2, 0.25) is 0 Å². The Morgan fingerprint density at radius 2 is 2.14 bits per heavy atom. The number of ketones is 1. The van der Waals surface area contributed by atoms with E-state index >= 15 is 0 Å². The number of esters is 1. The molecule has 6 nitrogen and oxygen atoms in total. The zero-order valence-corrected chi connectivity index (χ0v) is 17.6. The minimum Gasteiger partial charge on any atom is -0.492 e. The normalized spacial score (nSPS) is 21.8. The molecule has 0 aromatic carbocycles. The van der Waals surface area contributed by atoms with Gasteiger partial charge < -0.3 is 14.4 Å². The molecule has 156 valence electrons. The van der Waals surface area contributed by atoms with Crippen molar-refractivity contribution in [3.8, 4) is 5.75 Å². The molecule has 6 heteroatoms. The van der Waals surface area contributed by atoms with Gasteiger partial charge in [0.05, 0.1) is 30.6 Å². The summed E-state index contributed by atoms with van der Waals surface area (Å²) in [6.07, 6.45) is 8.29.